The zero-order valence-corrected chi connectivity index (χ0v) is 14.0. The Morgan fingerprint density at radius 3 is 2.38 bits per heavy atom. The van der Waals surface area contributed by atoms with Gasteiger partial charge in [0, 0.05) is 23.6 Å². The summed E-state index contributed by atoms with van der Waals surface area (Å²) < 4.78 is 33.6. The van der Waals surface area contributed by atoms with Crippen LogP contribution in [0.5, 0.6) is 0 Å². The van der Waals surface area contributed by atoms with Gasteiger partial charge in [-0.15, -0.1) is 0 Å². The topological polar surface area (TPSA) is 68.0 Å². The van der Waals surface area contributed by atoms with Crippen molar-refractivity contribution in [2.24, 2.45) is 0 Å². The van der Waals surface area contributed by atoms with Gasteiger partial charge in [0.15, 0.2) is 0 Å². The normalized spacial score (nSPS) is 12.6. The monoisotopic (exact) mass is 357 g/mol. The number of aromatic nitrogens is 2. The van der Waals surface area contributed by atoms with Crippen LogP contribution in [-0.4, -0.2) is 22.1 Å². The number of hydrogen-bond donors (Lipinski definition) is 1. The van der Waals surface area contributed by atoms with Crippen LogP contribution in [0.2, 0.25) is 0 Å². The van der Waals surface area contributed by atoms with E-state index in [9.17, 15) is 13.6 Å². The number of alkyl halides is 2. The molecule has 0 spiro atoms. The first kappa shape index (κ1) is 17.7. The smallest absolute Gasteiger partial charge is 0.348 e. The maximum Gasteiger partial charge on any atom is 0.349 e. The minimum absolute atomic E-state index is 0.149. The van der Waals surface area contributed by atoms with Crippen molar-refractivity contribution in [2.75, 3.05) is 0 Å². The average molecular weight is 357 g/mol. The predicted octanol–water partition coefficient (Wildman–Crippen LogP) is 3.58. The van der Waals surface area contributed by atoms with Crippen LogP contribution in [0.4, 0.5) is 8.78 Å². The van der Waals surface area contributed by atoms with Gasteiger partial charge < -0.3 is 9.84 Å². The van der Waals surface area contributed by atoms with E-state index in [-0.39, 0.29) is 17.9 Å². The van der Waals surface area contributed by atoms with E-state index >= 15 is 0 Å². The fraction of sp³-hybridized carbons (Fsp3) is 0.211. The SMILES string of the molecule is CC(Cc1nc(-c2ccccc2)no1)NC(=O)C(F)(F)c1ccccc1. The number of nitrogens with one attached hydrogen (secondary N) is 1. The lowest BCUT2D eigenvalue weighted by atomic mass is 10.1. The van der Waals surface area contributed by atoms with Crippen LogP contribution in [0.25, 0.3) is 11.4 Å². The molecule has 1 unspecified atom stereocenters. The molecule has 5 nitrogen and oxygen atoms in total. The van der Waals surface area contributed by atoms with Gasteiger partial charge in [0.1, 0.15) is 0 Å². The summed E-state index contributed by atoms with van der Waals surface area (Å²) in [4.78, 5) is 16.2. The fourth-order valence-corrected chi connectivity index (χ4v) is 2.45. The first-order valence-electron chi connectivity index (χ1n) is 8.09. The second-order valence-corrected chi connectivity index (χ2v) is 5.90. The number of benzene rings is 2. The quantitative estimate of drug-likeness (QED) is 0.732. The number of nitrogens with zero attached hydrogens (tertiary/aromatic N) is 2. The first-order valence-corrected chi connectivity index (χ1v) is 8.09. The molecule has 134 valence electrons. The average Bonchev–Trinajstić information content (AvgIpc) is 3.11. The first-order chi connectivity index (χ1) is 12.5. The molecule has 0 aliphatic rings. The van der Waals surface area contributed by atoms with Gasteiger partial charge in [-0.1, -0.05) is 65.8 Å². The number of carbonyl (C=O) groups is 1. The molecular formula is C19H17F2N3O2. The third-order valence-corrected chi connectivity index (χ3v) is 3.78. The minimum atomic E-state index is -3.61. The van der Waals surface area contributed by atoms with Gasteiger partial charge in [-0.3, -0.25) is 4.79 Å². The van der Waals surface area contributed by atoms with Crippen LogP contribution in [0.15, 0.2) is 65.2 Å². The molecule has 0 aliphatic carbocycles. The van der Waals surface area contributed by atoms with Gasteiger partial charge in [-0.05, 0) is 6.92 Å². The largest absolute Gasteiger partial charge is 0.349 e. The van der Waals surface area contributed by atoms with Crippen LogP contribution >= 0.6 is 0 Å². The van der Waals surface area contributed by atoms with Gasteiger partial charge in [0.2, 0.25) is 11.7 Å². The minimum Gasteiger partial charge on any atom is -0.348 e. The Bertz CT molecular complexity index is 867. The second kappa shape index (κ2) is 7.43. The van der Waals surface area contributed by atoms with Crippen LogP contribution < -0.4 is 5.32 Å². The van der Waals surface area contributed by atoms with Crippen molar-refractivity contribution in [3.63, 3.8) is 0 Å². The van der Waals surface area contributed by atoms with Crippen LogP contribution in [0.3, 0.4) is 0 Å². The number of carbonyl (C=O) groups excluding carboxylic acids is 1. The highest BCUT2D eigenvalue weighted by molar-refractivity contribution is 5.85. The zero-order chi connectivity index (χ0) is 18.6. The summed E-state index contributed by atoms with van der Waals surface area (Å²) in [7, 11) is 0. The van der Waals surface area contributed by atoms with E-state index in [2.05, 4.69) is 15.5 Å². The molecule has 1 N–H and O–H groups in total. The molecule has 0 aliphatic heterocycles. The Hall–Kier alpha value is -3.09. The molecule has 7 heteroatoms. The Morgan fingerprint density at radius 1 is 1.12 bits per heavy atom. The van der Waals surface area contributed by atoms with Gasteiger partial charge in [-0.25, -0.2) is 0 Å². The summed E-state index contributed by atoms with van der Waals surface area (Å²) in [6.45, 7) is 1.60. The Morgan fingerprint density at radius 2 is 1.73 bits per heavy atom. The van der Waals surface area contributed by atoms with Crippen molar-refractivity contribution >= 4 is 5.91 Å². The fourth-order valence-electron chi connectivity index (χ4n) is 2.45. The molecule has 26 heavy (non-hydrogen) atoms. The van der Waals surface area contributed by atoms with Crippen LogP contribution in [0.1, 0.15) is 18.4 Å². The van der Waals surface area contributed by atoms with Crippen molar-refractivity contribution in [3.05, 3.63) is 72.1 Å². The summed E-state index contributed by atoms with van der Waals surface area (Å²) >= 11 is 0. The predicted molar refractivity (Wildman–Crippen MR) is 91.4 cm³/mol. The lowest BCUT2D eigenvalue weighted by molar-refractivity contribution is -0.147. The molecule has 0 saturated heterocycles. The van der Waals surface area contributed by atoms with E-state index in [0.717, 1.165) is 5.56 Å². The molecule has 3 rings (SSSR count). The molecule has 0 bridgehead atoms. The third-order valence-electron chi connectivity index (χ3n) is 3.78. The molecule has 1 heterocycles. The van der Waals surface area contributed by atoms with Crippen molar-refractivity contribution in [2.45, 2.75) is 25.3 Å². The van der Waals surface area contributed by atoms with Crippen LogP contribution in [0, 0.1) is 0 Å². The summed E-state index contributed by atoms with van der Waals surface area (Å²) in [5.41, 5.74) is 0.434. The Balaban J connectivity index is 1.63. The molecular weight excluding hydrogens is 340 g/mol. The van der Waals surface area contributed by atoms with E-state index in [4.69, 9.17) is 4.52 Å². The molecule has 1 atom stereocenters. The lowest BCUT2D eigenvalue weighted by Gasteiger charge is -2.19. The van der Waals surface area contributed by atoms with Crippen molar-refractivity contribution in [1.82, 2.24) is 15.5 Å². The maximum atomic E-state index is 14.2. The van der Waals surface area contributed by atoms with E-state index in [1.54, 1.807) is 13.0 Å². The lowest BCUT2D eigenvalue weighted by Crippen LogP contribution is -2.43. The summed E-state index contributed by atoms with van der Waals surface area (Å²) in [6.07, 6.45) is 0.149. The number of hydrogen-bond acceptors (Lipinski definition) is 4. The summed E-state index contributed by atoms with van der Waals surface area (Å²) in [6, 6.07) is 15.6. The third kappa shape index (κ3) is 3.93. The number of halogens is 2. The summed E-state index contributed by atoms with van der Waals surface area (Å²) in [5, 5.41) is 6.17. The standard InChI is InChI=1S/C19H17F2N3O2/c1-13(22-18(25)19(20,21)15-10-6-3-7-11-15)12-16-23-17(24-26-16)14-8-4-2-5-9-14/h2-11,13H,12H2,1H3,(H,22,25). The molecule has 0 radical (unpaired) electrons. The highest BCUT2D eigenvalue weighted by Crippen LogP contribution is 2.28. The maximum absolute atomic E-state index is 14.2. The van der Waals surface area contributed by atoms with Gasteiger partial charge in [0.25, 0.3) is 5.91 Å². The van der Waals surface area contributed by atoms with Crippen molar-refractivity contribution in [1.29, 1.82) is 0 Å². The molecule has 0 saturated carbocycles. The highest BCUT2D eigenvalue weighted by atomic mass is 19.3. The Labute approximate surface area is 149 Å². The van der Waals surface area contributed by atoms with Gasteiger partial charge in [0.05, 0.1) is 0 Å². The molecule has 0 fully saturated rings. The van der Waals surface area contributed by atoms with Gasteiger partial charge in [-0.2, -0.15) is 13.8 Å². The van der Waals surface area contributed by atoms with E-state index < -0.39 is 17.9 Å². The van der Waals surface area contributed by atoms with E-state index in [1.807, 2.05) is 30.3 Å². The van der Waals surface area contributed by atoms with E-state index in [0.29, 0.717) is 5.82 Å². The number of rotatable bonds is 6. The molecule has 3 aromatic rings. The highest BCUT2D eigenvalue weighted by Gasteiger charge is 2.41. The number of amides is 1. The van der Waals surface area contributed by atoms with Crippen LogP contribution in [-0.2, 0) is 17.1 Å². The summed E-state index contributed by atoms with van der Waals surface area (Å²) in [5.74, 6) is -4.30. The molecule has 1 aromatic heterocycles. The molecule has 1 amide bonds. The van der Waals surface area contributed by atoms with Crippen molar-refractivity contribution in [3.8, 4) is 11.4 Å². The molecule has 2 aromatic carbocycles. The van der Waals surface area contributed by atoms with Crippen molar-refractivity contribution < 1.29 is 18.1 Å². The zero-order valence-electron chi connectivity index (χ0n) is 14.0. The van der Waals surface area contributed by atoms with Gasteiger partial charge >= 0.3 is 5.92 Å². The Kier molecular flexibility index (Phi) is 5.06. The van der Waals surface area contributed by atoms with E-state index in [1.165, 1.54) is 24.3 Å². The second-order valence-electron chi connectivity index (χ2n) is 5.90.